The lowest BCUT2D eigenvalue weighted by atomic mass is 10.1. The van der Waals surface area contributed by atoms with Crippen LogP contribution in [0.25, 0.3) is 5.69 Å². The lowest BCUT2D eigenvalue weighted by Crippen LogP contribution is -2.32. The van der Waals surface area contributed by atoms with E-state index >= 15 is 0 Å². The second-order valence-corrected chi connectivity index (χ2v) is 5.77. The van der Waals surface area contributed by atoms with E-state index in [-0.39, 0.29) is 34.1 Å². The molecule has 26 heavy (non-hydrogen) atoms. The van der Waals surface area contributed by atoms with Crippen LogP contribution in [0.2, 0.25) is 0 Å². The van der Waals surface area contributed by atoms with Crippen molar-refractivity contribution in [2.24, 2.45) is 0 Å². The van der Waals surface area contributed by atoms with Gasteiger partial charge in [0.25, 0.3) is 23.3 Å². The predicted molar refractivity (Wildman–Crippen MR) is 95.5 cm³/mol. The molecular weight excluding hydrogens is 336 g/mol. The summed E-state index contributed by atoms with van der Waals surface area (Å²) < 4.78 is 1.09. The second kappa shape index (κ2) is 6.47. The molecule has 0 atom stereocenters. The maximum atomic E-state index is 12.8. The molecule has 1 aromatic heterocycles. The lowest BCUT2D eigenvalue weighted by molar-refractivity contribution is 0.0772. The number of fused-ring (bicyclic) bond motifs is 1. The summed E-state index contributed by atoms with van der Waals surface area (Å²) in [5, 5.41) is 2.12. The van der Waals surface area contributed by atoms with Crippen molar-refractivity contribution in [3.8, 4) is 5.69 Å². The standard InChI is InChI=1S/C18H18N4O4/c1-3-21(4-2)18(26)10-7-5-6-8-12(10)22-13(23)9-11-14(15(22)19)17(25)20-16(11)24/h5-9H,3-4,19H2,1-2H3,(H,20,24,25). The maximum Gasteiger partial charge on any atom is 0.262 e. The highest BCUT2D eigenvalue weighted by Crippen LogP contribution is 2.25. The van der Waals surface area contributed by atoms with E-state index in [1.807, 2.05) is 13.8 Å². The summed E-state index contributed by atoms with van der Waals surface area (Å²) in [6.07, 6.45) is 0. The number of rotatable bonds is 4. The van der Waals surface area contributed by atoms with Crippen molar-refractivity contribution in [3.63, 3.8) is 0 Å². The molecule has 0 saturated heterocycles. The third-order valence-electron chi connectivity index (χ3n) is 4.38. The summed E-state index contributed by atoms with van der Waals surface area (Å²) in [7, 11) is 0. The van der Waals surface area contributed by atoms with Crippen LogP contribution in [0, 0.1) is 0 Å². The van der Waals surface area contributed by atoms with Crippen LogP contribution in [0.15, 0.2) is 35.1 Å². The fourth-order valence-corrected chi connectivity index (χ4v) is 3.06. The highest BCUT2D eigenvalue weighted by molar-refractivity contribution is 6.23. The number of para-hydroxylation sites is 1. The Morgan fingerprint density at radius 1 is 1.12 bits per heavy atom. The molecule has 0 spiro atoms. The molecular formula is C18H18N4O4. The Kier molecular flexibility index (Phi) is 4.33. The van der Waals surface area contributed by atoms with Crippen LogP contribution in [0.4, 0.5) is 5.82 Å². The zero-order valence-electron chi connectivity index (χ0n) is 14.4. The van der Waals surface area contributed by atoms with Crippen LogP contribution in [-0.4, -0.2) is 40.3 Å². The van der Waals surface area contributed by atoms with Gasteiger partial charge in [-0.25, -0.2) is 0 Å². The molecule has 0 aliphatic carbocycles. The lowest BCUT2D eigenvalue weighted by Gasteiger charge is -2.21. The Balaban J connectivity index is 2.26. The number of nitrogens with two attached hydrogens (primary N) is 1. The van der Waals surface area contributed by atoms with Gasteiger partial charge in [0, 0.05) is 19.2 Å². The van der Waals surface area contributed by atoms with E-state index in [0.717, 1.165) is 10.6 Å². The van der Waals surface area contributed by atoms with E-state index < -0.39 is 17.4 Å². The van der Waals surface area contributed by atoms with E-state index in [4.69, 9.17) is 5.73 Å². The summed E-state index contributed by atoms with van der Waals surface area (Å²) in [5.74, 6) is -1.74. The van der Waals surface area contributed by atoms with Crippen molar-refractivity contribution >= 4 is 23.5 Å². The van der Waals surface area contributed by atoms with Gasteiger partial charge in [0.2, 0.25) is 0 Å². The Labute approximate surface area is 149 Å². The van der Waals surface area contributed by atoms with Gasteiger partial charge in [0.05, 0.1) is 22.4 Å². The van der Waals surface area contributed by atoms with Crippen LogP contribution < -0.4 is 16.6 Å². The molecule has 3 rings (SSSR count). The van der Waals surface area contributed by atoms with E-state index in [2.05, 4.69) is 5.32 Å². The van der Waals surface area contributed by atoms with Crippen LogP contribution >= 0.6 is 0 Å². The third kappa shape index (κ3) is 2.55. The van der Waals surface area contributed by atoms with Gasteiger partial charge in [-0.1, -0.05) is 12.1 Å². The number of imide groups is 1. The summed E-state index contributed by atoms with van der Waals surface area (Å²) in [5.41, 5.74) is 5.91. The molecule has 1 aliphatic rings. The second-order valence-electron chi connectivity index (χ2n) is 5.77. The van der Waals surface area contributed by atoms with E-state index in [0.29, 0.717) is 13.1 Å². The number of nitrogens with one attached hydrogen (secondary N) is 1. The molecule has 2 heterocycles. The van der Waals surface area contributed by atoms with Crippen molar-refractivity contribution in [2.75, 3.05) is 18.8 Å². The zero-order chi connectivity index (χ0) is 19.0. The van der Waals surface area contributed by atoms with Crippen molar-refractivity contribution < 1.29 is 14.4 Å². The molecule has 134 valence electrons. The predicted octanol–water partition coefficient (Wildman–Crippen LogP) is 0.785. The molecule has 3 N–H and O–H groups in total. The molecule has 0 unspecified atom stereocenters. The first-order chi connectivity index (χ1) is 12.4. The van der Waals surface area contributed by atoms with Gasteiger partial charge in [-0.2, -0.15) is 0 Å². The highest BCUT2D eigenvalue weighted by atomic mass is 16.2. The molecule has 1 aliphatic heterocycles. The number of hydrogen-bond donors (Lipinski definition) is 2. The minimum atomic E-state index is -0.663. The molecule has 8 heteroatoms. The van der Waals surface area contributed by atoms with Crippen molar-refractivity contribution in [3.05, 3.63) is 57.4 Å². The number of anilines is 1. The van der Waals surface area contributed by atoms with Crippen molar-refractivity contribution in [2.45, 2.75) is 13.8 Å². The molecule has 0 fully saturated rings. The molecule has 0 radical (unpaired) electrons. The first kappa shape index (κ1) is 17.4. The van der Waals surface area contributed by atoms with Crippen LogP contribution in [0.5, 0.6) is 0 Å². The van der Waals surface area contributed by atoms with Crippen LogP contribution in [0.3, 0.4) is 0 Å². The summed E-state index contributed by atoms with van der Waals surface area (Å²) in [6.45, 7) is 4.73. The van der Waals surface area contributed by atoms with Crippen LogP contribution in [0.1, 0.15) is 44.9 Å². The summed E-state index contributed by atoms with van der Waals surface area (Å²) in [4.78, 5) is 50.8. The van der Waals surface area contributed by atoms with Gasteiger partial charge < -0.3 is 10.6 Å². The smallest absolute Gasteiger partial charge is 0.262 e. The van der Waals surface area contributed by atoms with Gasteiger partial charge in [0.1, 0.15) is 5.82 Å². The number of carbonyl (C=O) groups is 3. The number of pyridine rings is 1. The number of aromatic nitrogens is 1. The molecule has 8 nitrogen and oxygen atoms in total. The van der Waals surface area contributed by atoms with Gasteiger partial charge in [-0.15, -0.1) is 0 Å². The number of nitrogens with zero attached hydrogens (tertiary/aromatic N) is 2. The number of amides is 3. The fraction of sp³-hybridized carbons (Fsp3) is 0.222. The van der Waals surface area contributed by atoms with Crippen molar-refractivity contribution in [1.29, 1.82) is 0 Å². The summed E-state index contributed by atoms with van der Waals surface area (Å²) in [6, 6.07) is 7.59. The van der Waals surface area contributed by atoms with Gasteiger partial charge in [0.15, 0.2) is 0 Å². The molecule has 0 bridgehead atoms. The van der Waals surface area contributed by atoms with Crippen LogP contribution in [-0.2, 0) is 0 Å². The topological polar surface area (TPSA) is 114 Å². The maximum absolute atomic E-state index is 12.8. The zero-order valence-corrected chi connectivity index (χ0v) is 14.4. The molecule has 3 amide bonds. The quantitative estimate of drug-likeness (QED) is 0.788. The van der Waals surface area contributed by atoms with Crippen molar-refractivity contribution in [1.82, 2.24) is 14.8 Å². The molecule has 1 aromatic carbocycles. The average Bonchev–Trinajstić information content (AvgIpc) is 2.90. The number of benzene rings is 1. The van der Waals surface area contributed by atoms with E-state index in [1.54, 1.807) is 29.2 Å². The first-order valence-electron chi connectivity index (χ1n) is 8.20. The normalized spacial score (nSPS) is 12.7. The average molecular weight is 354 g/mol. The van der Waals surface area contributed by atoms with Gasteiger partial charge in [-0.05, 0) is 26.0 Å². The SMILES string of the molecule is CCN(CC)C(=O)c1ccccc1-n1c(N)c2c(cc1=O)C(=O)NC2=O. The largest absolute Gasteiger partial charge is 0.384 e. The Morgan fingerprint density at radius 3 is 2.42 bits per heavy atom. The molecule has 2 aromatic rings. The van der Waals surface area contributed by atoms with E-state index in [9.17, 15) is 19.2 Å². The number of carbonyl (C=O) groups excluding carboxylic acids is 3. The van der Waals surface area contributed by atoms with Gasteiger partial charge >= 0.3 is 0 Å². The number of hydrogen-bond acceptors (Lipinski definition) is 5. The Hall–Kier alpha value is -3.42. The monoisotopic (exact) mass is 354 g/mol. The third-order valence-corrected chi connectivity index (χ3v) is 4.38. The minimum absolute atomic E-state index is 0.0544. The first-order valence-corrected chi connectivity index (χ1v) is 8.20. The number of nitrogen functional groups attached to an aromatic ring is 1. The highest BCUT2D eigenvalue weighted by Gasteiger charge is 2.32. The van der Waals surface area contributed by atoms with E-state index in [1.165, 1.54) is 0 Å². The fourth-order valence-electron chi connectivity index (χ4n) is 3.06. The Morgan fingerprint density at radius 2 is 1.77 bits per heavy atom. The minimum Gasteiger partial charge on any atom is -0.384 e. The Bertz CT molecular complexity index is 989. The molecule has 0 saturated carbocycles. The summed E-state index contributed by atoms with van der Waals surface area (Å²) >= 11 is 0. The van der Waals surface area contributed by atoms with Gasteiger partial charge in [-0.3, -0.25) is 29.1 Å².